The highest BCUT2D eigenvalue weighted by Crippen LogP contribution is 2.23. The van der Waals surface area contributed by atoms with E-state index in [1.807, 2.05) is 18.7 Å². The van der Waals surface area contributed by atoms with Crippen LogP contribution in [0.2, 0.25) is 10.0 Å². The first kappa shape index (κ1) is 22.2. The maximum atomic E-state index is 12.6. The molecule has 7 heteroatoms. The molecule has 2 N–H and O–H groups in total. The van der Waals surface area contributed by atoms with E-state index in [1.54, 1.807) is 49.4 Å². The molecule has 5 nitrogen and oxygen atoms in total. The molecule has 0 aromatic heterocycles. The van der Waals surface area contributed by atoms with Gasteiger partial charge in [-0.05, 0) is 62.7 Å². The summed E-state index contributed by atoms with van der Waals surface area (Å²) in [5, 5.41) is 6.87. The Morgan fingerprint density at radius 3 is 2.50 bits per heavy atom. The van der Waals surface area contributed by atoms with Crippen LogP contribution in [0.25, 0.3) is 0 Å². The average molecular weight is 422 g/mol. The zero-order valence-corrected chi connectivity index (χ0v) is 17.8. The van der Waals surface area contributed by atoms with Crippen LogP contribution in [-0.2, 0) is 9.59 Å². The van der Waals surface area contributed by atoms with Crippen molar-refractivity contribution in [2.75, 3.05) is 23.7 Å². The van der Waals surface area contributed by atoms with Crippen LogP contribution in [0.5, 0.6) is 0 Å². The molecule has 2 rings (SSSR count). The van der Waals surface area contributed by atoms with Crippen LogP contribution < -0.4 is 10.6 Å². The minimum absolute atomic E-state index is 0.101. The number of benzene rings is 2. The first-order valence-electron chi connectivity index (χ1n) is 9.17. The lowest BCUT2D eigenvalue weighted by Crippen LogP contribution is -2.46. The minimum atomic E-state index is -0.481. The fourth-order valence-electron chi connectivity index (χ4n) is 2.79. The maximum absolute atomic E-state index is 12.6. The van der Waals surface area contributed by atoms with Crippen LogP contribution in [0, 0.1) is 6.92 Å². The fourth-order valence-corrected chi connectivity index (χ4v) is 3.16. The molecule has 0 heterocycles. The molecule has 2 amide bonds. The first-order valence-corrected chi connectivity index (χ1v) is 9.92. The molecule has 1 unspecified atom stereocenters. The fraction of sp³-hybridized carbons (Fsp3) is 0.333. The normalized spacial score (nSPS) is 11.9. The summed E-state index contributed by atoms with van der Waals surface area (Å²) >= 11 is 12.1. The molecule has 2 aromatic rings. The van der Waals surface area contributed by atoms with Crippen molar-refractivity contribution in [3.63, 3.8) is 0 Å². The van der Waals surface area contributed by atoms with Gasteiger partial charge in [0.1, 0.15) is 0 Å². The van der Waals surface area contributed by atoms with Crippen molar-refractivity contribution in [1.29, 1.82) is 0 Å². The van der Waals surface area contributed by atoms with Crippen molar-refractivity contribution < 1.29 is 9.59 Å². The number of amides is 2. The molecule has 0 aliphatic rings. The molecule has 1 atom stereocenters. The van der Waals surface area contributed by atoms with Crippen molar-refractivity contribution in [3.8, 4) is 0 Å². The monoisotopic (exact) mass is 421 g/mol. The number of nitrogens with one attached hydrogen (secondary N) is 2. The van der Waals surface area contributed by atoms with Gasteiger partial charge in [0.15, 0.2) is 0 Å². The summed E-state index contributed by atoms with van der Waals surface area (Å²) in [5.74, 6) is -0.385. The minimum Gasteiger partial charge on any atom is -0.325 e. The maximum Gasteiger partial charge on any atom is 0.241 e. The van der Waals surface area contributed by atoms with E-state index >= 15 is 0 Å². The lowest BCUT2D eigenvalue weighted by Gasteiger charge is -2.27. The van der Waals surface area contributed by atoms with E-state index in [0.29, 0.717) is 28.0 Å². The van der Waals surface area contributed by atoms with Crippen LogP contribution in [0.1, 0.15) is 25.8 Å². The Morgan fingerprint density at radius 1 is 1.11 bits per heavy atom. The Bertz CT molecular complexity index is 842. The molecule has 0 saturated heterocycles. The Morgan fingerprint density at radius 2 is 1.82 bits per heavy atom. The third-order valence-corrected chi connectivity index (χ3v) is 5.06. The van der Waals surface area contributed by atoms with Crippen LogP contribution >= 0.6 is 23.2 Å². The Labute approximate surface area is 176 Å². The van der Waals surface area contributed by atoms with Crippen molar-refractivity contribution in [2.45, 2.75) is 33.2 Å². The van der Waals surface area contributed by atoms with Crippen LogP contribution in [0.15, 0.2) is 42.5 Å². The molecule has 0 radical (unpaired) electrons. The molecule has 2 aromatic carbocycles. The Balaban J connectivity index is 2.03. The SMILES string of the molecule is CCCN(CC(=O)Nc1cccc(Cl)c1C)C(C)C(=O)Nc1cccc(Cl)c1. The molecule has 0 aliphatic carbocycles. The second-order valence-electron chi connectivity index (χ2n) is 6.61. The third-order valence-electron chi connectivity index (χ3n) is 4.42. The number of rotatable bonds is 8. The van der Waals surface area contributed by atoms with E-state index < -0.39 is 6.04 Å². The highest BCUT2D eigenvalue weighted by molar-refractivity contribution is 6.31. The van der Waals surface area contributed by atoms with E-state index in [9.17, 15) is 9.59 Å². The van der Waals surface area contributed by atoms with Crippen molar-refractivity contribution in [3.05, 3.63) is 58.1 Å². The predicted octanol–water partition coefficient (Wildman–Crippen LogP) is 4.98. The number of hydrogen-bond donors (Lipinski definition) is 2. The van der Waals surface area contributed by atoms with Gasteiger partial charge in [-0.1, -0.05) is 42.3 Å². The van der Waals surface area contributed by atoms with Crippen LogP contribution in [0.4, 0.5) is 11.4 Å². The number of hydrogen-bond acceptors (Lipinski definition) is 3. The van der Waals surface area contributed by atoms with E-state index in [0.717, 1.165) is 12.0 Å². The molecule has 0 spiro atoms. The van der Waals surface area contributed by atoms with Crippen molar-refractivity contribution in [2.24, 2.45) is 0 Å². The van der Waals surface area contributed by atoms with Gasteiger partial charge in [0.2, 0.25) is 11.8 Å². The molecule has 28 heavy (non-hydrogen) atoms. The number of carbonyl (C=O) groups is 2. The van der Waals surface area contributed by atoms with Gasteiger partial charge < -0.3 is 10.6 Å². The number of halogens is 2. The Hall–Kier alpha value is -2.08. The second kappa shape index (κ2) is 10.5. The standard InChI is InChI=1S/C21H25Cl2N3O2/c1-4-11-26(13-20(27)25-19-10-6-9-18(23)14(19)2)15(3)21(28)24-17-8-5-7-16(22)12-17/h5-10,12,15H,4,11,13H2,1-3H3,(H,24,28)(H,25,27). The summed E-state index contributed by atoms with van der Waals surface area (Å²) in [6.07, 6.45) is 0.818. The summed E-state index contributed by atoms with van der Waals surface area (Å²) in [7, 11) is 0. The van der Waals surface area contributed by atoms with Gasteiger partial charge in [-0.3, -0.25) is 14.5 Å². The number of carbonyl (C=O) groups excluding carboxylic acids is 2. The van der Waals surface area contributed by atoms with Gasteiger partial charge in [-0.15, -0.1) is 0 Å². The summed E-state index contributed by atoms with van der Waals surface area (Å²) in [6, 6.07) is 11.9. The summed E-state index contributed by atoms with van der Waals surface area (Å²) in [6.45, 7) is 6.36. The summed E-state index contributed by atoms with van der Waals surface area (Å²) in [5.41, 5.74) is 2.11. The second-order valence-corrected chi connectivity index (χ2v) is 7.45. The first-order chi connectivity index (χ1) is 13.3. The lowest BCUT2D eigenvalue weighted by molar-refractivity contribution is -0.123. The van der Waals surface area contributed by atoms with Gasteiger partial charge in [-0.2, -0.15) is 0 Å². The van der Waals surface area contributed by atoms with E-state index in [-0.39, 0.29) is 18.4 Å². The quantitative estimate of drug-likeness (QED) is 0.631. The number of nitrogens with zero attached hydrogens (tertiary/aromatic N) is 1. The van der Waals surface area contributed by atoms with Crippen molar-refractivity contribution >= 4 is 46.4 Å². The average Bonchev–Trinajstić information content (AvgIpc) is 2.64. The van der Waals surface area contributed by atoms with Gasteiger partial charge in [0.05, 0.1) is 12.6 Å². The predicted molar refractivity (Wildman–Crippen MR) is 116 cm³/mol. The zero-order chi connectivity index (χ0) is 20.7. The molecule has 0 fully saturated rings. The highest BCUT2D eigenvalue weighted by atomic mass is 35.5. The molecule has 0 saturated carbocycles. The van der Waals surface area contributed by atoms with E-state index in [4.69, 9.17) is 23.2 Å². The smallest absolute Gasteiger partial charge is 0.241 e. The molecular formula is C21H25Cl2N3O2. The van der Waals surface area contributed by atoms with Crippen molar-refractivity contribution in [1.82, 2.24) is 4.90 Å². The molecule has 150 valence electrons. The van der Waals surface area contributed by atoms with Gasteiger partial charge in [0, 0.05) is 21.4 Å². The topological polar surface area (TPSA) is 61.4 Å². The van der Waals surface area contributed by atoms with Gasteiger partial charge >= 0.3 is 0 Å². The van der Waals surface area contributed by atoms with Gasteiger partial charge in [-0.25, -0.2) is 0 Å². The van der Waals surface area contributed by atoms with Crippen LogP contribution in [-0.4, -0.2) is 35.8 Å². The molecular weight excluding hydrogens is 397 g/mol. The van der Waals surface area contributed by atoms with E-state index in [2.05, 4.69) is 10.6 Å². The summed E-state index contributed by atoms with van der Waals surface area (Å²) in [4.78, 5) is 27.0. The highest BCUT2D eigenvalue weighted by Gasteiger charge is 2.23. The van der Waals surface area contributed by atoms with E-state index in [1.165, 1.54) is 0 Å². The zero-order valence-electron chi connectivity index (χ0n) is 16.3. The Kier molecular flexibility index (Phi) is 8.30. The molecule has 0 bridgehead atoms. The lowest BCUT2D eigenvalue weighted by atomic mass is 10.2. The largest absolute Gasteiger partial charge is 0.325 e. The summed E-state index contributed by atoms with van der Waals surface area (Å²) < 4.78 is 0. The molecule has 0 aliphatic heterocycles. The third kappa shape index (κ3) is 6.23. The number of anilines is 2. The van der Waals surface area contributed by atoms with Gasteiger partial charge in [0.25, 0.3) is 0 Å². The van der Waals surface area contributed by atoms with Crippen LogP contribution in [0.3, 0.4) is 0 Å².